The molecule has 5 aliphatic rings. The first-order valence-corrected chi connectivity index (χ1v) is 20.0. The van der Waals surface area contributed by atoms with Crippen molar-refractivity contribution in [2.45, 2.75) is 161 Å². The number of ketones is 1. The van der Waals surface area contributed by atoms with E-state index < -0.39 is 5.60 Å². The Kier molecular flexibility index (Phi) is 11.0. The molecule has 6 heteroatoms. The third-order valence-electron chi connectivity index (χ3n) is 14.0. The molecule has 4 fully saturated rings. The second kappa shape index (κ2) is 14.8. The number of aromatic hydroxyl groups is 2. The summed E-state index contributed by atoms with van der Waals surface area (Å²) >= 11 is 0. The van der Waals surface area contributed by atoms with Crippen molar-refractivity contribution < 1.29 is 29.6 Å². The van der Waals surface area contributed by atoms with E-state index in [9.17, 15) is 20.1 Å². The van der Waals surface area contributed by atoms with Crippen LogP contribution in [0.4, 0.5) is 0 Å². The minimum absolute atomic E-state index is 0.00959. The normalized spacial score (nSPS) is 35.6. The van der Waals surface area contributed by atoms with Gasteiger partial charge in [0.2, 0.25) is 0 Å². The number of rotatable bonds is 16. The molecular formula is C44H64O6. The lowest BCUT2D eigenvalue weighted by Crippen LogP contribution is -2.67. The van der Waals surface area contributed by atoms with Crippen LogP contribution in [0.15, 0.2) is 42.5 Å². The number of allylic oxidation sites excluding steroid dienone is 6. The van der Waals surface area contributed by atoms with E-state index in [2.05, 4.69) is 71.1 Å². The molecule has 0 bridgehead atoms. The fraction of sp³-hybridized carbons (Fsp3) is 0.705. The van der Waals surface area contributed by atoms with Gasteiger partial charge < -0.3 is 24.8 Å². The highest BCUT2D eigenvalue weighted by atomic mass is 16.6. The molecule has 3 aliphatic carbocycles. The van der Waals surface area contributed by atoms with Crippen molar-refractivity contribution in [2.75, 3.05) is 6.61 Å². The summed E-state index contributed by atoms with van der Waals surface area (Å²) in [6.45, 7) is 11.4. The van der Waals surface area contributed by atoms with E-state index in [0.717, 1.165) is 96.3 Å². The Morgan fingerprint density at radius 1 is 0.920 bits per heavy atom. The average Bonchev–Trinajstić information content (AvgIpc) is 3.76. The molecule has 3 saturated carbocycles. The second-order valence-corrected chi connectivity index (χ2v) is 17.2. The molecule has 8 atom stereocenters. The van der Waals surface area contributed by atoms with Gasteiger partial charge in [0.1, 0.15) is 40.1 Å². The Labute approximate surface area is 301 Å². The van der Waals surface area contributed by atoms with E-state index in [0.29, 0.717) is 23.7 Å². The van der Waals surface area contributed by atoms with E-state index in [4.69, 9.17) is 9.47 Å². The number of aliphatic hydroxyl groups excluding tert-OH is 1. The monoisotopic (exact) mass is 688 g/mol. The highest BCUT2D eigenvalue weighted by molar-refractivity contribution is 6.02. The van der Waals surface area contributed by atoms with Crippen molar-refractivity contribution in [1.29, 1.82) is 0 Å². The van der Waals surface area contributed by atoms with Crippen LogP contribution in [0.3, 0.4) is 0 Å². The van der Waals surface area contributed by atoms with Gasteiger partial charge in [0, 0.05) is 36.5 Å². The van der Waals surface area contributed by atoms with E-state index >= 15 is 0 Å². The first-order valence-electron chi connectivity index (χ1n) is 20.0. The summed E-state index contributed by atoms with van der Waals surface area (Å²) in [7, 11) is 0. The minimum Gasteiger partial charge on any atom is -0.507 e. The lowest BCUT2D eigenvalue weighted by molar-refractivity contribution is -0.190. The number of epoxide rings is 1. The number of hydrogen-bond acceptors (Lipinski definition) is 6. The van der Waals surface area contributed by atoms with Gasteiger partial charge >= 0.3 is 0 Å². The van der Waals surface area contributed by atoms with Crippen molar-refractivity contribution >= 4 is 5.78 Å². The molecule has 1 aromatic carbocycles. The highest BCUT2D eigenvalue weighted by Gasteiger charge is 2.81. The number of benzene rings is 1. The van der Waals surface area contributed by atoms with Gasteiger partial charge in [-0.2, -0.15) is 0 Å². The summed E-state index contributed by atoms with van der Waals surface area (Å²) in [5, 5.41) is 33.5. The van der Waals surface area contributed by atoms with E-state index in [1.165, 1.54) is 6.07 Å². The zero-order valence-corrected chi connectivity index (χ0v) is 31.5. The summed E-state index contributed by atoms with van der Waals surface area (Å²) in [5.41, 5.74) is -0.348. The topological polar surface area (TPSA) is 99.5 Å². The van der Waals surface area contributed by atoms with Crippen LogP contribution in [-0.2, 0) is 4.74 Å². The van der Waals surface area contributed by atoms with Crippen LogP contribution in [0.5, 0.6) is 17.2 Å². The molecule has 2 aliphatic heterocycles. The highest BCUT2D eigenvalue weighted by Crippen LogP contribution is 2.77. The van der Waals surface area contributed by atoms with Crippen molar-refractivity contribution in [2.24, 2.45) is 28.6 Å². The molecule has 2 heterocycles. The molecule has 3 N–H and O–H groups in total. The SMILES string of the molecule is CC/C=C/C/C=C/C/C=C/CCCCCCCC(=O)c1c(O)cc(O)c2c1O[C@@]13[C@@H]2C[C@@H]2[C@@](C)(CO)CCC[C@@]2(C)[C@@H]1CC[C@@]1(C(C)C)O[C@@H]31. The smallest absolute Gasteiger partial charge is 0.170 e. The molecule has 50 heavy (non-hydrogen) atoms. The molecule has 0 radical (unpaired) electrons. The van der Waals surface area contributed by atoms with Crippen LogP contribution in [0, 0.1) is 28.6 Å². The molecular weight excluding hydrogens is 624 g/mol. The van der Waals surface area contributed by atoms with Crippen LogP contribution in [0.25, 0.3) is 0 Å². The molecule has 1 saturated heterocycles. The molecule has 1 spiro atoms. The van der Waals surface area contributed by atoms with Crippen LogP contribution in [0.1, 0.15) is 159 Å². The number of hydrogen-bond donors (Lipinski definition) is 3. The summed E-state index contributed by atoms with van der Waals surface area (Å²) in [4.78, 5) is 14.0. The number of Topliss-reactive ketones (excluding diaryl/α,β-unsaturated/α-hetero) is 1. The summed E-state index contributed by atoms with van der Waals surface area (Å²) in [6.07, 6.45) is 28.6. The van der Waals surface area contributed by atoms with Gasteiger partial charge in [-0.1, -0.05) is 96.8 Å². The number of phenols is 2. The van der Waals surface area contributed by atoms with Gasteiger partial charge in [-0.15, -0.1) is 0 Å². The average molecular weight is 689 g/mol. The number of ether oxygens (including phenoxy) is 2. The van der Waals surface area contributed by atoms with Crippen molar-refractivity contribution in [1.82, 2.24) is 0 Å². The maximum atomic E-state index is 14.0. The Morgan fingerprint density at radius 2 is 1.62 bits per heavy atom. The Balaban J connectivity index is 1.14. The fourth-order valence-corrected chi connectivity index (χ4v) is 11.3. The third-order valence-corrected chi connectivity index (χ3v) is 14.0. The Morgan fingerprint density at radius 3 is 2.34 bits per heavy atom. The van der Waals surface area contributed by atoms with E-state index in [1.54, 1.807) is 0 Å². The number of carbonyl (C=O) groups excluding carboxylic acids is 1. The fourth-order valence-electron chi connectivity index (χ4n) is 11.3. The summed E-state index contributed by atoms with van der Waals surface area (Å²) in [6, 6.07) is 1.38. The van der Waals surface area contributed by atoms with Crippen LogP contribution < -0.4 is 4.74 Å². The lowest BCUT2D eigenvalue weighted by Gasteiger charge is -2.64. The predicted molar refractivity (Wildman–Crippen MR) is 200 cm³/mol. The van der Waals surface area contributed by atoms with Gasteiger partial charge in [0.25, 0.3) is 0 Å². The first kappa shape index (κ1) is 37.2. The molecule has 6 rings (SSSR count). The van der Waals surface area contributed by atoms with Gasteiger partial charge in [-0.3, -0.25) is 4.79 Å². The second-order valence-electron chi connectivity index (χ2n) is 17.2. The molecule has 6 nitrogen and oxygen atoms in total. The van der Waals surface area contributed by atoms with Crippen molar-refractivity contribution in [3.63, 3.8) is 0 Å². The van der Waals surface area contributed by atoms with Gasteiger partial charge in [0.05, 0.1) is 0 Å². The quantitative estimate of drug-likeness (QED) is 0.0692. The van der Waals surface area contributed by atoms with Crippen molar-refractivity contribution in [3.05, 3.63) is 53.6 Å². The number of phenolic OH excluding ortho intramolecular Hbond substituents is 2. The lowest BCUT2D eigenvalue weighted by atomic mass is 9.40. The van der Waals surface area contributed by atoms with Gasteiger partial charge in [0.15, 0.2) is 5.78 Å². The number of aliphatic hydroxyl groups is 1. The van der Waals surface area contributed by atoms with Crippen molar-refractivity contribution in [3.8, 4) is 17.2 Å². The van der Waals surface area contributed by atoms with E-state index in [1.807, 2.05) is 0 Å². The molecule has 1 aromatic rings. The van der Waals surface area contributed by atoms with Gasteiger partial charge in [-0.05, 0) is 93.3 Å². The van der Waals surface area contributed by atoms with Crippen LogP contribution in [0.2, 0.25) is 0 Å². The number of unbranched alkanes of at least 4 members (excludes halogenated alkanes) is 5. The summed E-state index contributed by atoms with van der Waals surface area (Å²) < 4.78 is 14.0. The zero-order chi connectivity index (χ0) is 35.7. The molecule has 276 valence electrons. The van der Waals surface area contributed by atoms with Crippen LogP contribution in [-0.4, -0.2) is 45.0 Å². The zero-order valence-electron chi connectivity index (χ0n) is 31.5. The Bertz CT molecular complexity index is 1470. The maximum Gasteiger partial charge on any atom is 0.170 e. The standard InChI is InChI=1S/C44H64O6/c1-6-7-8-9-10-11-12-13-14-15-16-17-18-19-20-22-32(46)38-34(48)28-33(47)37-31-27-36-41(4,29-45)24-21-25-42(36,5)35-23-26-43(30(2)3)40(50-43)44(31,35)49-39(37)38/h7-8,10-11,13-14,28,30-31,35-36,40,45,47-48H,6,9,12,15-27,29H2,1-5H3/b8-7+,11-10+,14-13+/t31-,35+,36-,40-,41-,42+,43+,44+/m1/s1. The maximum absolute atomic E-state index is 14.0. The number of fused-ring (bicyclic) bond motifs is 5. The predicted octanol–water partition coefficient (Wildman–Crippen LogP) is 10.5. The van der Waals surface area contributed by atoms with Crippen LogP contribution >= 0.6 is 0 Å². The van der Waals surface area contributed by atoms with E-state index in [-0.39, 0.29) is 69.7 Å². The number of carbonyl (C=O) groups is 1. The Hall–Kier alpha value is -2.57. The third kappa shape index (κ3) is 6.29. The molecule has 0 aromatic heterocycles. The molecule has 0 unspecified atom stereocenters. The molecule has 0 amide bonds. The van der Waals surface area contributed by atoms with Gasteiger partial charge in [-0.25, -0.2) is 0 Å². The largest absolute Gasteiger partial charge is 0.507 e. The minimum atomic E-state index is -0.708. The summed E-state index contributed by atoms with van der Waals surface area (Å²) in [5.74, 6) is 0.640. The first-order chi connectivity index (χ1) is 24.0.